The average Bonchev–Trinajstić information content (AvgIpc) is 2.79. The number of rotatable bonds is 3. The summed E-state index contributed by atoms with van der Waals surface area (Å²) in [6, 6.07) is 28.8. The molecule has 0 atom stereocenters. The van der Waals surface area contributed by atoms with Gasteiger partial charge in [0.15, 0.2) is 0 Å². The third-order valence-corrected chi connectivity index (χ3v) is 5.01. The number of hydrogen-bond donors (Lipinski definition) is 1. The monoisotopic (exact) mass is 376 g/mol. The maximum absolute atomic E-state index is 12.1. The molecule has 4 heteroatoms. The van der Waals surface area contributed by atoms with Crippen molar-refractivity contribution in [1.82, 2.24) is 9.97 Å². The second-order valence-corrected chi connectivity index (χ2v) is 6.82. The number of carboxylic acids is 1. The van der Waals surface area contributed by atoms with Gasteiger partial charge in [-0.15, -0.1) is 0 Å². The predicted molar refractivity (Wildman–Crippen MR) is 115 cm³/mol. The van der Waals surface area contributed by atoms with Crippen molar-refractivity contribution in [2.75, 3.05) is 0 Å². The normalized spacial score (nSPS) is 11.0. The van der Waals surface area contributed by atoms with Crippen molar-refractivity contribution < 1.29 is 9.90 Å². The van der Waals surface area contributed by atoms with Crippen LogP contribution < -0.4 is 0 Å². The number of aromatic nitrogens is 2. The molecule has 0 aliphatic rings. The highest BCUT2D eigenvalue weighted by molar-refractivity contribution is 6.15. The number of carbonyl (C=O) groups is 1. The molecule has 0 fully saturated rings. The first kappa shape index (κ1) is 17.1. The van der Waals surface area contributed by atoms with E-state index in [-0.39, 0.29) is 5.56 Å². The Balaban J connectivity index is 1.77. The van der Waals surface area contributed by atoms with E-state index in [0.717, 1.165) is 27.7 Å². The molecule has 5 aromatic rings. The zero-order valence-electron chi connectivity index (χ0n) is 15.4. The predicted octanol–water partition coefficient (Wildman–Crippen LogP) is 5.82. The van der Waals surface area contributed by atoms with E-state index in [1.165, 1.54) is 0 Å². The van der Waals surface area contributed by atoms with Crippen molar-refractivity contribution in [3.05, 3.63) is 96.6 Å². The van der Waals surface area contributed by atoms with Crippen LogP contribution in [0.1, 0.15) is 10.4 Å². The van der Waals surface area contributed by atoms with Gasteiger partial charge in [-0.25, -0.2) is 14.8 Å². The molecule has 0 amide bonds. The third kappa shape index (κ3) is 3.01. The van der Waals surface area contributed by atoms with Crippen molar-refractivity contribution in [2.45, 2.75) is 0 Å². The van der Waals surface area contributed by atoms with Gasteiger partial charge in [0.2, 0.25) is 0 Å². The molecule has 4 nitrogen and oxygen atoms in total. The largest absolute Gasteiger partial charge is 0.478 e. The quantitative estimate of drug-likeness (QED) is 0.403. The molecule has 0 aliphatic heterocycles. The van der Waals surface area contributed by atoms with Gasteiger partial charge in [0.25, 0.3) is 0 Å². The number of aromatic carboxylic acids is 1. The summed E-state index contributed by atoms with van der Waals surface area (Å²) in [5.41, 5.74) is 5.02. The lowest BCUT2D eigenvalue weighted by Gasteiger charge is -2.11. The molecular weight excluding hydrogens is 360 g/mol. The van der Waals surface area contributed by atoms with E-state index in [0.29, 0.717) is 16.6 Å². The minimum Gasteiger partial charge on any atom is -0.478 e. The Hall–Kier alpha value is -4.05. The first-order valence-corrected chi connectivity index (χ1v) is 9.29. The second kappa shape index (κ2) is 6.84. The Morgan fingerprint density at radius 2 is 1.24 bits per heavy atom. The van der Waals surface area contributed by atoms with Gasteiger partial charge in [0.1, 0.15) is 0 Å². The maximum Gasteiger partial charge on any atom is 0.336 e. The molecule has 2 heterocycles. The van der Waals surface area contributed by atoms with Crippen LogP contribution in [-0.2, 0) is 0 Å². The highest BCUT2D eigenvalue weighted by Gasteiger charge is 2.16. The highest BCUT2D eigenvalue weighted by atomic mass is 16.4. The molecule has 1 N–H and O–H groups in total. The fourth-order valence-electron chi connectivity index (χ4n) is 3.63. The summed E-state index contributed by atoms with van der Waals surface area (Å²) in [6.45, 7) is 0. The van der Waals surface area contributed by atoms with Gasteiger partial charge in [0, 0.05) is 21.9 Å². The Bertz CT molecular complexity index is 1360. The number of carboxylic acid groups (broad SMARTS) is 1. The van der Waals surface area contributed by atoms with E-state index in [1.807, 2.05) is 84.9 Å². The molecule has 0 bridgehead atoms. The van der Waals surface area contributed by atoms with E-state index >= 15 is 0 Å². The smallest absolute Gasteiger partial charge is 0.336 e. The summed E-state index contributed by atoms with van der Waals surface area (Å²) in [6.07, 6.45) is 0. The van der Waals surface area contributed by atoms with Crippen LogP contribution in [0.3, 0.4) is 0 Å². The number of hydrogen-bond acceptors (Lipinski definition) is 3. The first-order chi connectivity index (χ1) is 14.2. The summed E-state index contributed by atoms with van der Waals surface area (Å²) in [7, 11) is 0. The van der Waals surface area contributed by atoms with E-state index in [1.54, 1.807) is 6.07 Å². The van der Waals surface area contributed by atoms with Crippen molar-refractivity contribution in [2.24, 2.45) is 0 Å². The summed E-state index contributed by atoms with van der Waals surface area (Å²) in [5, 5.41) is 11.3. The Morgan fingerprint density at radius 1 is 0.655 bits per heavy atom. The number of benzene rings is 3. The Kier molecular flexibility index (Phi) is 4.03. The molecule has 0 saturated heterocycles. The lowest BCUT2D eigenvalue weighted by Crippen LogP contribution is -2.01. The minimum absolute atomic E-state index is 0.230. The van der Waals surface area contributed by atoms with E-state index < -0.39 is 5.97 Å². The maximum atomic E-state index is 12.1. The fourth-order valence-corrected chi connectivity index (χ4v) is 3.63. The molecule has 0 unspecified atom stereocenters. The van der Waals surface area contributed by atoms with Crippen LogP contribution in [0.25, 0.3) is 44.3 Å². The van der Waals surface area contributed by atoms with Crippen molar-refractivity contribution >= 4 is 27.8 Å². The van der Waals surface area contributed by atoms with Crippen LogP contribution in [0, 0.1) is 0 Å². The summed E-state index contributed by atoms with van der Waals surface area (Å²) in [5.74, 6) is -0.978. The lowest BCUT2D eigenvalue weighted by molar-refractivity contribution is 0.0699. The van der Waals surface area contributed by atoms with E-state index in [2.05, 4.69) is 0 Å². The molecule has 2 aromatic heterocycles. The summed E-state index contributed by atoms with van der Waals surface area (Å²) in [4.78, 5) is 21.6. The summed E-state index contributed by atoms with van der Waals surface area (Å²) < 4.78 is 0. The molecule has 0 saturated carbocycles. The molecule has 5 rings (SSSR count). The van der Waals surface area contributed by atoms with Gasteiger partial charge in [-0.2, -0.15) is 0 Å². The topological polar surface area (TPSA) is 63.1 Å². The minimum atomic E-state index is -0.978. The van der Waals surface area contributed by atoms with Crippen molar-refractivity contribution in [3.8, 4) is 22.5 Å². The molecular formula is C25H16N2O2. The van der Waals surface area contributed by atoms with Gasteiger partial charge in [-0.05, 0) is 30.3 Å². The van der Waals surface area contributed by atoms with Crippen LogP contribution in [0.2, 0.25) is 0 Å². The average molecular weight is 376 g/mol. The van der Waals surface area contributed by atoms with Gasteiger partial charge in [-0.1, -0.05) is 60.7 Å². The molecule has 3 aromatic carbocycles. The molecule has 138 valence electrons. The highest BCUT2D eigenvalue weighted by Crippen LogP contribution is 2.31. The van der Waals surface area contributed by atoms with Gasteiger partial charge >= 0.3 is 5.97 Å². The van der Waals surface area contributed by atoms with E-state index in [9.17, 15) is 9.90 Å². The third-order valence-electron chi connectivity index (χ3n) is 5.01. The van der Waals surface area contributed by atoms with Gasteiger partial charge < -0.3 is 5.11 Å². The van der Waals surface area contributed by atoms with E-state index in [4.69, 9.17) is 9.97 Å². The van der Waals surface area contributed by atoms with Crippen LogP contribution in [0.5, 0.6) is 0 Å². The Morgan fingerprint density at radius 3 is 1.90 bits per heavy atom. The Labute approximate surface area is 167 Å². The van der Waals surface area contributed by atoms with Gasteiger partial charge in [0.05, 0.1) is 28.0 Å². The molecule has 0 spiro atoms. The number of pyridine rings is 2. The standard InChI is InChI=1S/C25H16N2O2/c28-25(29)19-15-23(17-9-5-2-6-10-17)27-22-14-13-21-18(24(19)22)11-12-20(26-21)16-7-3-1-4-8-16/h1-15H,(H,28,29). The molecule has 0 aliphatic carbocycles. The van der Waals surface area contributed by atoms with Crippen LogP contribution >= 0.6 is 0 Å². The van der Waals surface area contributed by atoms with Crippen LogP contribution in [-0.4, -0.2) is 21.0 Å². The number of fused-ring (bicyclic) bond motifs is 3. The zero-order valence-corrected chi connectivity index (χ0v) is 15.4. The van der Waals surface area contributed by atoms with Crippen molar-refractivity contribution in [1.29, 1.82) is 0 Å². The molecule has 0 radical (unpaired) electrons. The van der Waals surface area contributed by atoms with Crippen LogP contribution in [0.4, 0.5) is 0 Å². The first-order valence-electron chi connectivity index (χ1n) is 9.29. The summed E-state index contributed by atoms with van der Waals surface area (Å²) >= 11 is 0. The number of nitrogens with zero attached hydrogens (tertiary/aromatic N) is 2. The van der Waals surface area contributed by atoms with Crippen molar-refractivity contribution in [3.63, 3.8) is 0 Å². The SMILES string of the molecule is O=C(O)c1cc(-c2ccccc2)nc2ccc3nc(-c4ccccc4)ccc3c12. The zero-order chi connectivity index (χ0) is 19.8. The lowest BCUT2D eigenvalue weighted by atomic mass is 10.00. The fraction of sp³-hybridized carbons (Fsp3) is 0. The van der Waals surface area contributed by atoms with Crippen LogP contribution in [0.15, 0.2) is 91.0 Å². The van der Waals surface area contributed by atoms with Gasteiger partial charge in [-0.3, -0.25) is 0 Å². The molecule has 29 heavy (non-hydrogen) atoms. The second-order valence-electron chi connectivity index (χ2n) is 6.82.